The third-order valence-corrected chi connectivity index (χ3v) is 3.12. The molecule has 0 saturated carbocycles. The van der Waals surface area contributed by atoms with Gasteiger partial charge in [-0.05, 0) is 11.5 Å². The van der Waals surface area contributed by atoms with E-state index < -0.39 is 0 Å². The standard InChI is InChI=1S/C13H21NO/c1-3-10(2)13(15)12(9-14)11-7-5-4-6-8-11/h4-8,10,12-13,15H,3,9,14H2,1-2H3. The van der Waals surface area contributed by atoms with E-state index in [1.165, 1.54) is 0 Å². The van der Waals surface area contributed by atoms with Gasteiger partial charge in [-0.3, -0.25) is 0 Å². The van der Waals surface area contributed by atoms with Crippen molar-refractivity contribution in [1.82, 2.24) is 0 Å². The summed E-state index contributed by atoms with van der Waals surface area (Å²) in [4.78, 5) is 0. The van der Waals surface area contributed by atoms with Crippen LogP contribution >= 0.6 is 0 Å². The lowest BCUT2D eigenvalue weighted by atomic mass is 9.85. The molecule has 0 heterocycles. The fourth-order valence-electron chi connectivity index (χ4n) is 1.81. The van der Waals surface area contributed by atoms with Gasteiger partial charge in [-0.2, -0.15) is 0 Å². The average molecular weight is 207 g/mol. The number of hydrogen-bond donors (Lipinski definition) is 2. The van der Waals surface area contributed by atoms with E-state index in [9.17, 15) is 5.11 Å². The van der Waals surface area contributed by atoms with Crippen molar-refractivity contribution in [1.29, 1.82) is 0 Å². The SMILES string of the molecule is CCC(C)C(O)C(CN)c1ccccc1. The van der Waals surface area contributed by atoms with Crippen LogP contribution in [0.4, 0.5) is 0 Å². The molecule has 15 heavy (non-hydrogen) atoms. The Morgan fingerprint density at radius 3 is 2.33 bits per heavy atom. The monoisotopic (exact) mass is 207 g/mol. The quantitative estimate of drug-likeness (QED) is 0.777. The average Bonchev–Trinajstić information content (AvgIpc) is 2.30. The fraction of sp³-hybridized carbons (Fsp3) is 0.538. The van der Waals surface area contributed by atoms with Crippen LogP contribution in [-0.4, -0.2) is 17.8 Å². The summed E-state index contributed by atoms with van der Waals surface area (Å²) in [5.41, 5.74) is 6.87. The summed E-state index contributed by atoms with van der Waals surface area (Å²) in [7, 11) is 0. The van der Waals surface area contributed by atoms with Crippen molar-refractivity contribution in [2.75, 3.05) is 6.54 Å². The van der Waals surface area contributed by atoms with Crippen LogP contribution in [0, 0.1) is 5.92 Å². The first-order valence-electron chi connectivity index (χ1n) is 5.63. The van der Waals surface area contributed by atoms with Crippen LogP contribution in [0.3, 0.4) is 0 Å². The Hall–Kier alpha value is -0.860. The maximum Gasteiger partial charge on any atom is 0.0646 e. The fourth-order valence-corrected chi connectivity index (χ4v) is 1.81. The Balaban J connectivity index is 2.80. The van der Waals surface area contributed by atoms with Gasteiger partial charge in [0.25, 0.3) is 0 Å². The van der Waals surface area contributed by atoms with Crippen molar-refractivity contribution in [3.05, 3.63) is 35.9 Å². The molecule has 1 rings (SSSR count). The molecular weight excluding hydrogens is 186 g/mol. The molecule has 3 unspecified atom stereocenters. The number of aliphatic hydroxyl groups is 1. The Bertz CT molecular complexity index is 273. The van der Waals surface area contributed by atoms with E-state index >= 15 is 0 Å². The number of aliphatic hydroxyl groups excluding tert-OH is 1. The zero-order valence-corrected chi connectivity index (χ0v) is 9.56. The highest BCUT2D eigenvalue weighted by Gasteiger charge is 2.23. The molecule has 0 aliphatic carbocycles. The van der Waals surface area contributed by atoms with Crippen LogP contribution in [0.5, 0.6) is 0 Å². The molecular formula is C13H21NO. The Morgan fingerprint density at radius 1 is 1.27 bits per heavy atom. The second-order valence-electron chi connectivity index (χ2n) is 4.13. The largest absolute Gasteiger partial charge is 0.392 e. The van der Waals surface area contributed by atoms with E-state index in [0.717, 1.165) is 12.0 Å². The summed E-state index contributed by atoms with van der Waals surface area (Å²) in [5, 5.41) is 10.2. The first-order chi connectivity index (χ1) is 7.20. The smallest absolute Gasteiger partial charge is 0.0646 e. The molecule has 0 aliphatic heterocycles. The molecule has 84 valence electrons. The Morgan fingerprint density at radius 2 is 1.87 bits per heavy atom. The van der Waals surface area contributed by atoms with Crippen molar-refractivity contribution in [3.63, 3.8) is 0 Å². The zero-order valence-electron chi connectivity index (χ0n) is 9.56. The molecule has 0 bridgehead atoms. The molecule has 2 nitrogen and oxygen atoms in total. The maximum absolute atomic E-state index is 10.2. The molecule has 0 saturated heterocycles. The zero-order chi connectivity index (χ0) is 11.3. The Labute approximate surface area is 92.1 Å². The number of hydrogen-bond acceptors (Lipinski definition) is 2. The normalized spacial score (nSPS) is 17.1. The minimum Gasteiger partial charge on any atom is -0.392 e. The lowest BCUT2D eigenvalue weighted by Gasteiger charge is -2.26. The molecule has 0 amide bonds. The van der Waals surface area contributed by atoms with E-state index in [0.29, 0.717) is 12.5 Å². The maximum atomic E-state index is 10.2. The van der Waals surface area contributed by atoms with Crippen molar-refractivity contribution < 1.29 is 5.11 Å². The summed E-state index contributed by atoms with van der Waals surface area (Å²) in [5.74, 6) is 0.347. The van der Waals surface area contributed by atoms with Gasteiger partial charge in [-0.25, -0.2) is 0 Å². The van der Waals surface area contributed by atoms with E-state index in [2.05, 4.69) is 13.8 Å². The number of nitrogens with two attached hydrogens (primary N) is 1. The summed E-state index contributed by atoms with van der Waals surface area (Å²) < 4.78 is 0. The van der Waals surface area contributed by atoms with Gasteiger partial charge in [0, 0.05) is 12.5 Å². The van der Waals surface area contributed by atoms with Gasteiger partial charge < -0.3 is 10.8 Å². The summed E-state index contributed by atoms with van der Waals surface area (Å²) in [6.45, 7) is 4.65. The molecule has 1 aromatic rings. The Kier molecular flexibility index (Phi) is 4.79. The molecule has 0 spiro atoms. The first-order valence-corrected chi connectivity index (χ1v) is 5.63. The third-order valence-electron chi connectivity index (χ3n) is 3.12. The van der Waals surface area contributed by atoms with Crippen molar-refractivity contribution in [2.45, 2.75) is 32.3 Å². The molecule has 0 fully saturated rings. The predicted octanol–water partition coefficient (Wildman–Crippen LogP) is 2.14. The molecule has 0 aliphatic rings. The van der Waals surface area contributed by atoms with Crippen LogP contribution in [0.1, 0.15) is 31.7 Å². The van der Waals surface area contributed by atoms with Crippen molar-refractivity contribution in [3.8, 4) is 0 Å². The van der Waals surface area contributed by atoms with Crippen LogP contribution in [0.25, 0.3) is 0 Å². The van der Waals surface area contributed by atoms with Crippen LogP contribution in [0.15, 0.2) is 30.3 Å². The van der Waals surface area contributed by atoms with Crippen LogP contribution in [0.2, 0.25) is 0 Å². The summed E-state index contributed by atoms with van der Waals surface area (Å²) in [6, 6.07) is 10.0. The highest BCUT2D eigenvalue weighted by atomic mass is 16.3. The van der Waals surface area contributed by atoms with Gasteiger partial charge in [-0.1, -0.05) is 50.6 Å². The van der Waals surface area contributed by atoms with Gasteiger partial charge in [0.05, 0.1) is 6.10 Å². The second kappa shape index (κ2) is 5.89. The second-order valence-corrected chi connectivity index (χ2v) is 4.13. The number of benzene rings is 1. The van der Waals surface area contributed by atoms with Gasteiger partial charge >= 0.3 is 0 Å². The minimum atomic E-state index is -0.345. The highest BCUT2D eigenvalue weighted by Crippen LogP contribution is 2.24. The van der Waals surface area contributed by atoms with E-state index in [4.69, 9.17) is 5.73 Å². The van der Waals surface area contributed by atoms with Crippen molar-refractivity contribution in [2.24, 2.45) is 11.7 Å². The predicted molar refractivity (Wildman–Crippen MR) is 63.7 cm³/mol. The lowest BCUT2D eigenvalue weighted by molar-refractivity contribution is 0.0886. The van der Waals surface area contributed by atoms with E-state index in [1.807, 2.05) is 30.3 Å². The number of rotatable bonds is 5. The molecule has 1 aromatic carbocycles. The topological polar surface area (TPSA) is 46.2 Å². The molecule has 0 aromatic heterocycles. The highest BCUT2D eigenvalue weighted by molar-refractivity contribution is 5.21. The van der Waals surface area contributed by atoms with Gasteiger partial charge in [0.15, 0.2) is 0 Å². The third kappa shape index (κ3) is 3.05. The molecule has 2 heteroatoms. The first kappa shape index (κ1) is 12.2. The van der Waals surface area contributed by atoms with Gasteiger partial charge in [0.1, 0.15) is 0 Å². The summed E-state index contributed by atoms with van der Waals surface area (Å²) >= 11 is 0. The van der Waals surface area contributed by atoms with Crippen LogP contribution in [-0.2, 0) is 0 Å². The van der Waals surface area contributed by atoms with E-state index in [1.54, 1.807) is 0 Å². The lowest BCUT2D eigenvalue weighted by Crippen LogP contribution is -2.30. The van der Waals surface area contributed by atoms with E-state index in [-0.39, 0.29) is 12.0 Å². The van der Waals surface area contributed by atoms with Crippen LogP contribution < -0.4 is 5.73 Å². The molecule has 3 atom stereocenters. The minimum absolute atomic E-state index is 0.0566. The molecule has 3 N–H and O–H groups in total. The summed E-state index contributed by atoms with van der Waals surface area (Å²) in [6.07, 6.45) is 0.632. The van der Waals surface area contributed by atoms with Gasteiger partial charge in [-0.15, -0.1) is 0 Å². The van der Waals surface area contributed by atoms with Crippen molar-refractivity contribution >= 4 is 0 Å². The molecule has 0 radical (unpaired) electrons. The van der Waals surface area contributed by atoms with Gasteiger partial charge in [0.2, 0.25) is 0 Å².